The summed E-state index contributed by atoms with van der Waals surface area (Å²) in [5.74, 6) is 0.374. The molecule has 0 unspecified atom stereocenters. The number of carbonyl (C=O) groups is 3. The average Bonchev–Trinajstić information content (AvgIpc) is 3.56. The van der Waals surface area contributed by atoms with Gasteiger partial charge in [0.2, 0.25) is 11.8 Å². The molecule has 1 saturated carbocycles. The summed E-state index contributed by atoms with van der Waals surface area (Å²) in [6.07, 6.45) is 7.99. The molecule has 0 radical (unpaired) electrons. The molecule has 1 fully saturated rings. The minimum Gasteiger partial charge on any atom is -0.439 e. The maximum atomic E-state index is 13.3. The maximum absolute atomic E-state index is 13.3. The number of benzene rings is 1. The number of thiophene rings is 1. The second-order valence-corrected chi connectivity index (χ2v) is 10.3. The molecule has 40 heavy (non-hydrogen) atoms. The van der Waals surface area contributed by atoms with Gasteiger partial charge >= 0.3 is 6.03 Å². The van der Waals surface area contributed by atoms with E-state index in [0.717, 1.165) is 12.8 Å². The highest BCUT2D eigenvalue weighted by molar-refractivity contribution is 7.21. The van der Waals surface area contributed by atoms with E-state index in [1.165, 1.54) is 34.6 Å². The Balaban J connectivity index is 1.38. The van der Waals surface area contributed by atoms with E-state index in [-0.39, 0.29) is 29.8 Å². The molecule has 4 amide bonds. The third-order valence-corrected chi connectivity index (χ3v) is 7.72. The number of carbonyl (C=O) groups excluding carboxylic acids is 3. The largest absolute Gasteiger partial charge is 0.439 e. The van der Waals surface area contributed by atoms with Crippen molar-refractivity contribution in [2.75, 3.05) is 10.2 Å². The number of para-hydroxylation sites is 1. The number of nitrogens with one attached hydrogen (secondary N) is 3. The first kappa shape index (κ1) is 26.8. The van der Waals surface area contributed by atoms with Gasteiger partial charge in [-0.1, -0.05) is 31.4 Å². The quantitative estimate of drug-likeness (QED) is 0.202. The third kappa shape index (κ3) is 5.50. The number of urea groups is 1. The van der Waals surface area contributed by atoms with Crippen molar-refractivity contribution in [3.8, 4) is 5.75 Å². The van der Waals surface area contributed by atoms with Gasteiger partial charge in [-0.15, -0.1) is 11.3 Å². The zero-order valence-corrected chi connectivity index (χ0v) is 22.7. The molecule has 10 nitrogen and oxygen atoms in total. The molecule has 2 aliphatic rings. The zero-order chi connectivity index (χ0) is 28.2. The second-order valence-electron chi connectivity index (χ2n) is 9.33. The summed E-state index contributed by atoms with van der Waals surface area (Å²) in [5.41, 5.74) is 1.56. The number of hydrogen-bond donors (Lipinski definition) is 3. The van der Waals surface area contributed by atoms with Gasteiger partial charge in [0, 0.05) is 24.0 Å². The fourth-order valence-corrected chi connectivity index (χ4v) is 5.82. The number of aliphatic imine (C=N–C) groups is 1. The molecule has 0 saturated heterocycles. The van der Waals surface area contributed by atoms with Crippen LogP contribution >= 0.6 is 11.3 Å². The SMILES string of the molecule is C=CC(=O)N[C@H]1CC[C@H](NC(=O)c2sc3nccc4c3c2NC(=O)N4/C(C)=C/N=C(C=C)Oc2ccccc2)C1. The second kappa shape index (κ2) is 11.5. The Kier molecular flexibility index (Phi) is 7.74. The molecule has 3 aromatic rings. The van der Waals surface area contributed by atoms with Gasteiger partial charge in [-0.3, -0.25) is 14.5 Å². The summed E-state index contributed by atoms with van der Waals surface area (Å²) in [7, 11) is 0. The lowest BCUT2D eigenvalue weighted by atomic mass is 10.1. The predicted octanol–water partition coefficient (Wildman–Crippen LogP) is 5.13. The van der Waals surface area contributed by atoms with Gasteiger partial charge in [0.25, 0.3) is 5.91 Å². The first-order chi connectivity index (χ1) is 19.4. The van der Waals surface area contributed by atoms with Crippen LogP contribution in [-0.2, 0) is 4.79 Å². The topological polar surface area (TPSA) is 125 Å². The highest BCUT2D eigenvalue weighted by Crippen LogP contribution is 2.44. The van der Waals surface area contributed by atoms with Crippen molar-refractivity contribution in [3.63, 3.8) is 0 Å². The first-order valence-corrected chi connectivity index (χ1v) is 13.6. The van der Waals surface area contributed by atoms with Crippen LogP contribution in [0.3, 0.4) is 0 Å². The number of rotatable bonds is 8. The van der Waals surface area contributed by atoms with Gasteiger partial charge in [-0.2, -0.15) is 0 Å². The molecule has 0 bridgehead atoms. The minimum absolute atomic E-state index is 0.0183. The third-order valence-electron chi connectivity index (χ3n) is 6.62. The Morgan fingerprint density at radius 3 is 2.62 bits per heavy atom. The van der Waals surface area contributed by atoms with Crippen LogP contribution in [-0.4, -0.2) is 40.8 Å². The smallest absolute Gasteiger partial charge is 0.330 e. The van der Waals surface area contributed by atoms with E-state index in [0.29, 0.717) is 44.3 Å². The Morgan fingerprint density at radius 2 is 1.90 bits per heavy atom. The van der Waals surface area contributed by atoms with Crippen LogP contribution in [0.5, 0.6) is 5.75 Å². The Hall–Kier alpha value is -4.77. The van der Waals surface area contributed by atoms with Crippen molar-refractivity contribution in [1.82, 2.24) is 15.6 Å². The lowest BCUT2D eigenvalue weighted by Gasteiger charge is -2.28. The Bertz CT molecular complexity index is 1560. The summed E-state index contributed by atoms with van der Waals surface area (Å²) in [4.78, 5) is 49.6. The van der Waals surface area contributed by atoms with E-state index in [2.05, 4.69) is 39.1 Å². The van der Waals surface area contributed by atoms with Gasteiger partial charge in [0.1, 0.15) is 15.5 Å². The molecule has 0 spiro atoms. The van der Waals surface area contributed by atoms with E-state index < -0.39 is 6.03 Å². The summed E-state index contributed by atoms with van der Waals surface area (Å²) in [5, 5.41) is 9.50. The maximum Gasteiger partial charge on any atom is 0.330 e. The lowest BCUT2D eigenvalue weighted by molar-refractivity contribution is -0.117. The van der Waals surface area contributed by atoms with E-state index >= 15 is 0 Å². The van der Waals surface area contributed by atoms with Crippen molar-refractivity contribution in [1.29, 1.82) is 0 Å². The van der Waals surface area contributed by atoms with E-state index in [1.54, 1.807) is 31.3 Å². The molecule has 1 aliphatic carbocycles. The van der Waals surface area contributed by atoms with Crippen molar-refractivity contribution >= 4 is 56.7 Å². The molecule has 2 atom stereocenters. The van der Waals surface area contributed by atoms with Crippen LogP contribution in [0.2, 0.25) is 0 Å². The van der Waals surface area contributed by atoms with Crippen LogP contribution in [0, 0.1) is 0 Å². The summed E-state index contributed by atoms with van der Waals surface area (Å²) in [6.45, 7) is 8.99. The Morgan fingerprint density at radius 1 is 1.15 bits per heavy atom. The fraction of sp³-hybridized carbons (Fsp3) is 0.207. The number of nitrogens with zero attached hydrogens (tertiary/aromatic N) is 3. The zero-order valence-electron chi connectivity index (χ0n) is 21.8. The molecule has 1 aromatic carbocycles. The van der Waals surface area contributed by atoms with E-state index in [9.17, 15) is 14.4 Å². The van der Waals surface area contributed by atoms with Gasteiger partial charge in [-0.25, -0.2) is 14.8 Å². The number of amides is 4. The summed E-state index contributed by atoms with van der Waals surface area (Å²) < 4.78 is 5.75. The number of aromatic nitrogens is 1. The van der Waals surface area contributed by atoms with E-state index in [4.69, 9.17) is 4.74 Å². The molecule has 3 N–H and O–H groups in total. The molecule has 11 heteroatoms. The normalized spacial score (nSPS) is 18.7. The molecular weight excluding hydrogens is 528 g/mol. The van der Waals surface area contributed by atoms with Crippen LogP contribution in [0.1, 0.15) is 35.9 Å². The number of allylic oxidation sites excluding steroid dienone is 1. The van der Waals surface area contributed by atoms with Crippen molar-refractivity contribution in [2.45, 2.75) is 38.3 Å². The van der Waals surface area contributed by atoms with Crippen molar-refractivity contribution in [2.24, 2.45) is 4.99 Å². The molecular formula is C29H28N6O4S. The fourth-order valence-electron chi connectivity index (χ4n) is 4.79. The molecule has 3 heterocycles. The number of pyridine rings is 1. The number of ether oxygens (including phenoxy) is 1. The van der Waals surface area contributed by atoms with Crippen molar-refractivity contribution in [3.05, 3.63) is 84.7 Å². The van der Waals surface area contributed by atoms with Gasteiger partial charge in [-0.05, 0) is 56.5 Å². The average molecular weight is 557 g/mol. The van der Waals surface area contributed by atoms with Crippen molar-refractivity contribution < 1.29 is 19.1 Å². The lowest BCUT2D eigenvalue weighted by Crippen LogP contribution is -2.38. The van der Waals surface area contributed by atoms with Crippen LogP contribution in [0.4, 0.5) is 16.2 Å². The minimum atomic E-state index is -0.423. The molecule has 1 aliphatic heterocycles. The number of hydrogen-bond acceptors (Lipinski definition) is 7. The monoisotopic (exact) mass is 556 g/mol. The highest BCUT2D eigenvalue weighted by Gasteiger charge is 2.34. The molecule has 2 aromatic heterocycles. The predicted molar refractivity (Wildman–Crippen MR) is 157 cm³/mol. The number of anilines is 2. The van der Waals surface area contributed by atoms with Gasteiger partial charge in [0.15, 0.2) is 0 Å². The first-order valence-electron chi connectivity index (χ1n) is 12.7. The molecule has 5 rings (SSSR count). The van der Waals surface area contributed by atoms with Crippen LogP contribution in [0.25, 0.3) is 10.2 Å². The molecule has 204 valence electrons. The Labute approximate surface area is 235 Å². The van der Waals surface area contributed by atoms with Gasteiger partial charge < -0.3 is 20.7 Å². The van der Waals surface area contributed by atoms with Gasteiger partial charge in [0.05, 0.1) is 23.0 Å². The van der Waals surface area contributed by atoms with E-state index in [1.807, 2.05) is 18.2 Å². The summed E-state index contributed by atoms with van der Waals surface area (Å²) >= 11 is 1.22. The van der Waals surface area contributed by atoms with Crippen LogP contribution in [0.15, 0.2) is 84.8 Å². The highest BCUT2D eigenvalue weighted by atomic mass is 32.1. The standard InChI is InChI=1S/C29H28N6O4S/c1-4-22(36)32-18-11-12-19(15-18)33-27(37)26-25-24-21(13-14-30-28(24)40-26)35(29(38)34-25)17(3)16-31-23(5-2)39-20-9-7-6-8-10-20/h4-10,13-14,16,18-19H,1-2,11-12,15H2,3H3,(H,32,36)(H,33,37)(H,34,38)/b17-16+,31-23?/t18-,19-/m0/s1. The summed E-state index contributed by atoms with van der Waals surface area (Å²) in [6, 6.07) is 10.4. The van der Waals surface area contributed by atoms with Crippen LogP contribution < -0.4 is 25.6 Å².